The van der Waals surface area contributed by atoms with Crippen molar-refractivity contribution in [3.05, 3.63) is 29.8 Å². The zero-order valence-corrected chi connectivity index (χ0v) is 12.5. The van der Waals surface area contributed by atoms with Gasteiger partial charge in [-0.1, -0.05) is 18.6 Å². The minimum Gasteiger partial charge on any atom is -0.378 e. The van der Waals surface area contributed by atoms with Crippen LogP contribution >= 0.6 is 0 Å². The molecular weight excluding hydrogens is 234 g/mol. The maximum absolute atomic E-state index is 6.25. The van der Waals surface area contributed by atoms with Crippen LogP contribution in [0.5, 0.6) is 0 Å². The molecule has 2 N–H and O–H groups in total. The van der Waals surface area contributed by atoms with Gasteiger partial charge in [0.2, 0.25) is 0 Å². The highest BCUT2D eigenvalue weighted by molar-refractivity contribution is 5.46. The maximum atomic E-state index is 6.25. The highest BCUT2D eigenvalue weighted by Crippen LogP contribution is 2.28. The predicted molar refractivity (Wildman–Crippen MR) is 82.6 cm³/mol. The Labute approximate surface area is 117 Å². The highest BCUT2D eigenvalue weighted by atomic mass is 15.2. The average Bonchev–Trinajstić information content (AvgIpc) is 2.40. The van der Waals surface area contributed by atoms with Crippen LogP contribution in [0, 0.1) is 0 Å². The Bertz CT molecular complexity index is 377. The molecule has 3 heteroatoms. The summed E-state index contributed by atoms with van der Waals surface area (Å²) in [4.78, 5) is 4.68. The standard InChI is InChI=1S/C16H27N3/c1-13(17)16(19-11-5-4-6-12-19)14-7-9-15(10-8-14)18(2)3/h7-10,13,16H,4-6,11-12,17H2,1-3H3. The lowest BCUT2D eigenvalue weighted by molar-refractivity contribution is 0.146. The summed E-state index contributed by atoms with van der Waals surface area (Å²) in [5.41, 5.74) is 8.84. The molecular formula is C16H27N3. The number of nitrogens with two attached hydrogens (primary N) is 1. The molecule has 2 unspecified atom stereocenters. The third-order valence-electron chi connectivity index (χ3n) is 4.03. The van der Waals surface area contributed by atoms with Crippen molar-refractivity contribution in [2.24, 2.45) is 5.73 Å². The molecule has 0 aromatic heterocycles. The molecule has 1 heterocycles. The van der Waals surface area contributed by atoms with Gasteiger partial charge in [0.05, 0.1) is 0 Å². The number of piperidine rings is 1. The number of benzene rings is 1. The molecule has 1 aliphatic heterocycles. The van der Waals surface area contributed by atoms with Gasteiger partial charge in [-0.15, -0.1) is 0 Å². The largest absolute Gasteiger partial charge is 0.378 e. The lowest BCUT2D eigenvalue weighted by Crippen LogP contribution is -2.42. The van der Waals surface area contributed by atoms with Gasteiger partial charge in [0.25, 0.3) is 0 Å². The fourth-order valence-corrected chi connectivity index (χ4v) is 3.01. The summed E-state index contributed by atoms with van der Waals surface area (Å²) < 4.78 is 0. The number of hydrogen-bond donors (Lipinski definition) is 1. The Balaban J connectivity index is 2.18. The van der Waals surface area contributed by atoms with Gasteiger partial charge in [-0.3, -0.25) is 4.90 Å². The Morgan fingerprint density at radius 2 is 1.63 bits per heavy atom. The fraction of sp³-hybridized carbons (Fsp3) is 0.625. The first-order chi connectivity index (χ1) is 9.09. The molecule has 0 amide bonds. The molecule has 0 bridgehead atoms. The van der Waals surface area contributed by atoms with E-state index in [1.165, 1.54) is 43.6 Å². The first-order valence-electron chi connectivity index (χ1n) is 7.36. The minimum atomic E-state index is 0.170. The van der Waals surface area contributed by atoms with Crippen LogP contribution in [-0.2, 0) is 0 Å². The van der Waals surface area contributed by atoms with E-state index in [1.807, 2.05) is 0 Å². The van der Waals surface area contributed by atoms with E-state index in [-0.39, 0.29) is 6.04 Å². The Hall–Kier alpha value is -1.06. The van der Waals surface area contributed by atoms with Gasteiger partial charge < -0.3 is 10.6 Å². The van der Waals surface area contributed by atoms with Gasteiger partial charge in [-0.05, 0) is 50.6 Å². The molecule has 1 saturated heterocycles. The number of likely N-dealkylation sites (tertiary alicyclic amines) is 1. The summed E-state index contributed by atoms with van der Waals surface area (Å²) in [6, 6.07) is 9.37. The molecule has 0 radical (unpaired) electrons. The summed E-state index contributed by atoms with van der Waals surface area (Å²) in [6.45, 7) is 4.49. The van der Waals surface area contributed by atoms with E-state index in [2.05, 4.69) is 55.1 Å². The van der Waals surface area contributed by atoms with Crippen LogP contribution in [0.1, 0.15) is 37.8 Å². The second-order valence-electron chi connectivity index (χ2n) is 5.89. The van der Waals surface area contributed by atoms with Gasteiger partial charge in [0, 0.05) is 31.9 Å². The van der Waals surface area contributed by atoms with E-state index >= 15 is 0 Å². The molecule has 0 aliphatic carbocycles. The van der Waals surface area contributed by atoms with Crippen LogP contribution in [0.15, 0.2) is 24.3 Å². The average molecular weight is 261 g/mol. The smallest absolute Gasteiger partial charge is 0.0496 e. The van der Waals surface area contributed by atoms with Crippen LogP contribution in [0.2, 0.25) is 0 Å². The molecule has 2 atom stereocenters. The molecule has 1 fully saturated rings. The van der Waals surface area contributed by atoms with Crippen molar-refractivity contribution in [3.8, 4) is 0 Å². The molecule has 19 heavy (non-hydrogen) atoms. The zero-order chi connectivity index (χ0) is 13.8. The van der Waals surface area contributed by atoms with Crippen molar-refractivity contribution in [2.75, 3.05) is 32.1 Å². The summed E-state index contributed by atoms with van der Waals surface area (Å²) in [5, 5.41) is 0. The SMILES string of the molecule is CC(N)C(c1ccc(N(C)C)cc1)N1CCCCC1. The minimum absolute atomic E-state index is 0.170. The normalized spacial score (nSPS) is 20.0. The summed E-state index contributed by atoms with van der Waals surface area (Å²) in [6.07, 6.45) is 3.97. The van der Waals surface area contributed by atoms with E-state index in [0.29, 0.717) is 6.04 Å². The summed E-state index contributed by atoms with van der Waals surface area (Å²) in [5.74, 6) is 0. The molecule has 1 aromatic rings. The van der Waals surface area contributed by atoms with Crippen LogP contribution in [0.3, 0.4) is 0 Å². The first kappa shape index (κ1) is 14.4. The fourth-order valence-electron chi connectivity index (χ4n) is 3.01. The topological polar surface area (TPSA) is 32.5 Å². The van der Waals surface area contributed by atoms with E-state index in [0.717, 1.165) is 0 Å². The number of hydrogen-bond acceptors (Lipinski definition) is 3. The van der Waals surface area contributed by atoms with Gasteiger partial charge in [-0.25, -0.2) is 0 Å². The van der Waals surface area contributed by atoms with Crippen molar-refractivity contribution in [3.63, 3.8) is 0 Å². The van der Waals surface area contributed by atoms with Crippen LogP contribution in [0.4, 0.5) is 5.69 Å². The van der Waals surface area contributed by atoms with Crippen molar-refractivity contribution in [1.82, 2.24) is 4.90 Å². The molecule has 1 aliphatic rings. The van der Waals surface area contributed by atoms with Crippen molar-refractivity contribution < 1.29 is 0 Å². The lowest BCUT2D eigenvalue weighted by atomic mass is 9.96. The Morgan fingerprint density at radius 3 is 2.11 bits per heavy atom. The molecule has 3 nitrogen and oxygen atoms in total. The third kappa shape index (κ3) is 3.48. The Kier molecular flexibility index (Phi) is 4.83. The van der Waals surface area contributed by atoms with Crippen molar-refractivity contribution >= 4 is 5.69 Å². The van der Waals surface area contributed by atoms with Gasteiger partial charge in [0.15, 0.2) is 0 Å². The Morgan fingerprint density at radius 1 is 1.05 bits per heavy atom. The second kappa shape index (κ2) is 6.40. The van der Waals surface area contributed by atoms with E-state index in [1.54, 1.807) is 0 Å². The molecule has 0 spiro atoms. The summed E-state index contributed by atoms with van der Waals surface area (Å²) in [7, 11) is 4.14. The van der Waals surface area contributed by atoms with Crippen molar-refractivity contribution in [2.45, 2.75) is 38.3 Å². The van der Waals surface area contributed by atoms with E-state index in [4.69, 9.17) is 5.73 Å². The number of nitrogens with zero attached hydrogens (tertiary/aromatic N) is 2. The molecule has 106 valence electrons. The van der Waals surface area contributed by atoms with Gasteiger partial charge >= 0.3 is 0 Å². The monoisotopic (exact) mass is 261 g/mol. The van der Waals surface area contributed by atoms with E-state index in [9.17, 15) is 0 Å². The van der Waals surface area contributed by atoms with Gasteiger partial charge in [0.1, 0.15) is 0 Å². The maximum Gasteiger partial charge on any atom is 0.0496 e. The third-order valence-corrected chi connectivity index (χ3v) is 4.03. The van der Waals surface area contributed by atoms with E-state index < -0.39 is 0 Å². The first-order valence-corrected chi connectivity index (χ1v) is 7.36. The van der Waals surface area contributed by atoms with Crippen LogP contribution in [0.25, 0.3) is 0 Å². The molecule has 0 saturated carbocycles. The predicted octanol–water partition coefficient (Wildman–Crippen LogP) is 2.63. The van der Waals surface area contributed by atoms with Crippen molar-refractivity contribution in [1.29, 1.82) is 0 Å². The van der Waals surface area contributed by atoms with Crippen LogP contribution in [-0.4, -0.2) is 38.1 Å². The van der Waals surface area contributed by atoms with Gasteiger partial charge in [-0.2, -0.15) is 0 Å². The quantitative estimate of drug-likeness (QED) is 0.904. The second-order valence-corrected chi connectivity index (χ2v) is 5.89. The number of rotatable bonds is 4. The summed E-state index contributed by atoms with van der Waals surface area (Å²) >= 11 is 0. The lowest BCUT2D eigenvalue weighted by Gasteiger charge is -2.37. The number of anilines is 1. The molecule has 2 rings (SSSR count). The highest BCUT2D eigenvalue weighted by Gasteiger charge is 2.25. The van der Waals surface area contributed by atoms with Crippen LogP contribution < -0.4 is 10.6 Å². The molecule has 1 aromatic carbocycles. The zero-order valence-electron chi connectivity index (χ0n) is 12.5.